The Bertz CT molecular complexity index is 489. The Labute approximate surface area is 97.0 Å². The Kier molecular flexibility index (Phi) is 2.58. The van der Waals surface area contributed by atoms with Crippen LogP contribution in [0.2, 0.25) is 0 Å². The quantitative estimate of drug-likeness (QED) is 0.711. The molecule has 0 fully saturated rings. The minimum absolute atomic E-state index is 0.102. The van der Waals surface area contributed by atoms with Gasteiger partial charge in [-0.25, -0.2) is 0 Å². The summed E-state index contributed by atoms with van der Waals surface area (Å²) in [5.41, 5.74) is 3.46. The first kappa shape index (κ1) is 10.9. The molecular formula is C14H18N2. The van der Waals surface area contributed by atoms with Crippen molar-refractivity contribution in [3.63, 3.8) is 0 Å². The van der Waals surface area contributed by atoms with Gasteiger partial charge >= 0.3 is 0 Å². The average molecular weight is 214 g/mol. The lowest BCUT2D eigenvalue weighted by atomic mass is 9.91. The van der Waals surface area contributed by atoms with E-state index in [1.54, 1.807) is 0 Å². The van der Waals surface area contributed by atoms with E-state index in [-0.39, 0.29) is 5.41 Å². The zero-order valence-electron chi connectivity index (χ0n) is 10.4. The normalized spacial score (nSPS) is 11.8. The summed E-state index contributed by atoms with van der Waals surface area (Å²) in [4.78, 5) is 4.71. The van der Waals surface area contributed by atoms with Gasteiger partial charge in [0.25, 0.3) is 0 Å². The highest BCUT2D eigenvalue weighted by Gasteiger charge is 2.15. The van der Waals surface area contributed by atoms with Crippen LogP contribution in [0.3, 0.4) is 0 Å². The van der Waals surface area contributed by atoms with Gasteiger partial charge in [0.15, 0.2) is 0 Å². The van der Waals surface area contributed by atoms with Gasteiger partial charge in [-0.05, 0) is 18.2 Å². The third-order valence-electron chi connectivity index (χ3n) is 2.65. The van der Waals surface area contributed by atoms with Crippen LogP contribution < -0.4 is 0 Å². The van der Waals surface area contributed by atoms with E-state index in [0.29, 0.717) is 0 Å². The Balaban J connectivity index is 2.44. The molecule has 0 bridgehead atoms. The van der Waals surface area contributed by atoms with E-state index in [0.717, 1.165) is 11.4 Å². The average Bonchev–Trinajstić information content (AvgIpc) is 2.64. The summed E-state index contributed by atoms with van der Waals surface area (Å²) in [6, 6.07) is 8.32. The highest BCUT2D eigenvalue weighted by molar-refractivity contribution is 5.58. The van der Waals surface area contributed by atoms with Crippen molar-refractivity contribution in [3.05, 3.63) is 42.4 Å². The molecular weight excluding hydrogens is 196 g/mol. The van der Waals surface area contributed by atoms with Crippen LogP contribution in [0.5, 0.6) is 0 Å². The van der Waals surface area contributed by atoms with Crippen LogP contribution in [0.4, 0.5) is 0 Å². The van der Waals surface area contributed by atoms with E-state index < -0.39 is 0 Å². The number of aromatic nitrogens is 2. The van der Waals surface area contributed by atoms with Gasteiger partial charge in [-0.15, -0.1) is 0 Å². The number of pyridine rings is 1. The number of hydrogen-bond donors (Lipinski definition) is 0. The fraction of sp³-hybridized carbons (Fsp3) is 0.357. The summed E-state index contributed by atoms with van der Waals surface area (Å²) < 4.78 is 2.04. The molecule has 0 N–H and O–H groups in total. The first-order valence-electron chi connectivity index (χ1n) is 5.57. The van der Waals surface area contributed by atoms with Gasteiger partial charge in [0.2, 0.25) is 0 Å². The smallest absolute Gasteiger partial charge is 0.0720 e. The summed E-state index contributed by atoms with van der Waals surface area (Å²) in [6.45, 7) is 6.55. The minimum Gasteiger partial charge on any atom is -0.357 e. The molecule has 0 spiro atoms. The molecule has 0 saturated heterocycles. The number of aryl methyl sites for hydroxylation is 1. The van der Waals surface area contributed by atoms with Crippen LogP contribution in [-0.4, -0.2) is 9.55 Å². The van der Waals surface area contributed by atoms with Crippen molar-refractivity contribution < 1.29 is 0 Å². The maximum atomic E-state index is 4.71. The van der Waals surface area contributed by atoms with Crippen molar-refractivity contribution in [2.24, 2.45) is 7.05 Å². The first-order valence-corrected chi connectivity index (χ1v) is 5.57. The van der Waals surface area contributed by atoms with Crippen LogP contribution in [-0.2, 0) is 12.5 Å². The molecule has 2 nitrogen and oxygen atoms in total. The zero-order chi connectivity index (χ0) is 11.8. The van der Waals surface area contributed by atoms with E-state index in [1.807, 2.05) is 17.8 Å². The van der Waals surface area contributed by atoms with E-state index >= 15 is 0 Å². The van der Waals surface area contributed by atoms with E-state index in [2.05, 4.69) is 51.2 Å². The van der Waals surface area contributed by atoms with Gasteiger partial charge in [0, 0.05) is 36.1 Å². The van der Waals surface area contributed by atoms with Crippen molar-refractivity contribution in [2.45, 2.75) is 26.2 Å². The second-order valence-corrected chi connectivity index (χ2v) is 5.22. The molecule has 2 heterocycles. The van der Waals surface area contributed by atoms with Crippen LogP contribution >= 0.6 is 0 Å². The first-order chi connectivity index (χ1) is 7.47. The van der Waals surface area contributed by atoms with Gasteiger partial charge in [0.1, 0.15) is 0 Å². The van der Waals surface area contributed by atoms with Crippen molar-refractivity contribution >= 4 is 0 Å². The molecule has 0 radical (unpaired) electrons. The fourth-order valence-corrected chi connectivity index (χ4v) is 1.67. The summed E-state index contributed by atoms with van der Waals surface area (Å²) in [6.07, 6.45) is 4.13. The molecule has 2 aromatic rings. The Morgan fingerprint density at radius 1 is 1.12 bits per heavy atom. The molecule has 0 saturated carbocycles. The summed E-state index contributed by atoms with van der Waals surface area (Å²) in [5.74, 6) is 0. The highest BCUT2D eigenvalue weighted by atomic mass is 14.9. The fourth-order valence-electron chi connectivity index (χ4n) is 1.67. The van der Waals surface area contributed by atoms with Crippen LogP contribution in [0, 0.1) is 0 Å². The number of hydrogen-bond acceptors (Lipinski definition) is 1. The number of nitrogens with zero attached hydrogens (tertiary/aromatic N) is 2. The van der Waals surface area contributed by atoms with Crippen LogP contribution in [0.25, 0.3) is 11.3 Å². The molecule has 0 unspecified atom stereocenters. The third-order valence-corrected chi connectivity index (χ3v) is 2.65. The Morgan fingerprint density at radius 2 is 1.88 bits per heavy atom. The molecule has 0 amide bonds. The lowest BCUT2D eigenvalue weighted by molar-refractivity contribution is 0.570. The Morgan fingerprint density at radius 3 is 2.44 bits per heavy atom. The van der Waals surface area contributed by atoms with Gasteiger partial charge in [0.05, 0.1) is 5.69 Å². The van der Waals surface area contributed by atoms with Gasteiger partial charge in [-0.2, -0.15) is 0 Å². The lowest BCUT2D eigenvalue weighted by Gasteiger charge is -2.18. The molecule has 16 heavy (non-hydrogen) atoms. The summed E-state index contributed by atoms with van der Waals surface area (Å²) >= 11 is 0. The molecule has 0 aromatic carbocycles. The SMILES string of the molecule is Cn1ccc(-c2cccc(C(C)(C)C)n2)c1. The predicted molar refractivity (Wildman–Crippen MR) is 67.3 cm³/mol. The highest BCUT2D eigenvalue weighted by Crippen LogP contribution is 2.23. The van der Waals surface area contributed by atoms with Crippen molar-refractivity contribution in [1.29, 1.82) is 0 Å². The maximum Gasteiger partial charge on any atom is 0.0720 e. The lowest BCUT2D eigenvalue weighted by Crippen LogP contribution is -2.13. The van der Waals surface area contributed by atoms with E-state index in [9.17, 15) is 0 Å². The third kappa shape index (κ3) is 2.16. The Hall–Kier alpha value is -1.57. The zero-order valence-corrected chi connectivity index (χ0v) is 10.4. The van der Waals surface area contributed by atoms with Crippen LogP contribution in [0.15, 0.2) is 36.7 Å². The second-order valence-electron chi connectivity index (χ2n) is 5.22. The predicted octanol–water partition coefficient (Wildman–Crippen LogP) is 3.38. The summed E-state index contributed by atoms with van der Waals surface area (Å²) in [5, 5.41) is 0. The molecule has 0 atom stereocenters. The maximum absolute atomic E-state index is 4.71. The molecule has 2 aromatic heterocycles. The van der Waals surface area contributed by atoms with Gasteiger partial charge in [-0.1, -0.05) is 26.8 Å². The van der Waals surface area contributed by atoms with Crippen molar-refractivity contribution in [1.82, 2.24) is 9.55 Å². The molecule has 84 valence electrons. The van der Waals surface area contributed by atoms with Crippen molar-refractivity contribution in [3.8, 4) is 11.3 Å². The van der Waals surface area contributed by atoms with Gasteiger partial charge in [-0.3, -0.25) is 4.98 Å². The van der Waals surface area contributed by atoms with E-state index in [4.69, 9.17) is 4.98 Å². The van der Waals surface area contributed by atoms with Crippen molar-refractivity contribution in [2.75, 3.05) is 0 Å². The topological polar surface area (TPSA) is 17.8 Å². The molecule has 2 rings (SSSR count). The minimum atomic E-state index is 0.102. The molecule has 0 aliphatic rings. The van der Waals surface area contributed by atoms with Crippen LogP contribution in [0.1, 0.15) is 26.5 Å². The standard InChI is InChI=1S/C14H18N2/c1-14(2,3)13-7-5-6-12(15-13)11-8-9-16(4)10-11/h5-10H,1-4H3. The van der Waals surface area contributed by atoms with Gasteiger partial charge < -0.3 is 4.57 Å². The largest absolute Gasteiger partial charge is 0.357 e. The van der Waals surface area contributed by atoms with E-state index in [1.165, 1.54) is 5.56 Å². The second kappa shape index (κ2) is 3.78. The monoisotopic (exact) mass is 214 g/mol. The summed E-state index contributed by atoms with van der Waals surface area (Å²) in [7, 11) is 2.02. The molecule has 0 aliphatic carbocycles. The number of rotatable bonds is 1. The molecule has 2 heteroatoms. The molecule has 0 aliphatic heterocycles.